The van der Waals surface area contributed by atoms with Crippen LogP contribution >= 0.6 is 25.3 Å². The lowest BCUT2D eigenvalue weighted by Gasteiger charge is -2.21. The quantitative estimate of drug-likeness (QED) is 0.0868. The van der Waals surface area contributed by atoms with E-state index < -0.39 is 54.6 Å². The number of carboxylic acid groups (broad SMARTS) is 3. The number of thiol groups is 2. The van der Waals surface area contributed by atoms with Crippen molar-refractivity contribution in [3.05, 3.63) is 12.2 Å². The minimum Gasteiger partial charge on any atom is -0.481 e. The van der Waals surface area contributed by atoms with Crippen LogP contribution in [0.1, 0.15) is 71.6 Å². The standard InChI is InChI=1S/C18H30N2O8S2.C4H8/c21-14(4-2-1-3-11(30)9-10-29)19-12(5-7-15(22)23)17(26)20-13(18(27)28)6-8-16(24)25;1-3-4-2/h11-13,29-30H,1-10H2,(H,19,21)(H,20,26)(H,22,23)(H,24,25)(H,27,28);3-4H,1-2H3. The van der Waals surface area contributed by atoms with Gasteiger partial charge in [-0.3, -0.25) is 19.2 Å². The van der Waals surface area contributed by atoms with Gasteiger partial charge >= 0.3 is 17.9 Å². The Bertz CT molecular complexity index is 669. The van der Waals surface area contributed by atoms with Gasteiger partial charge < -0.3 is 26.0 Å². The third kappa shape index (κ3) is 20.4. The molecule has 0 aromatic carbocycles. The number of unbranched alkanes of at least 4 members (excludes halogenated alkanes) is 1. The third-order valence-electron chi connectivity index (χ3n) is 4.55. The first-order valence-corrected chi connectivity index (χ1v) is 12.3. The molecule has 12 heteroatoms. The molecule has 0 rings (SSSR count). The van der Waals surface area contributed by atoms with Gasteiger partial charge in [-0.05, 0) is 51.7 Å². The number of hydrogen-bond donors (Lipinski definition) is 7. The lowest BCUT2D eigenvalue weighted by Crippen LogP contribution is -2.51. The molecule has 5 N–H and O–H groups in total. The Hall–Kier alpha value is -2.21. The number of carbonyl (C=O) groups is 5. The van der Waals surface area contributed by atoms with Gasteiger partial charge in [0, 0.05) is 24.5 Å². The maximum Gasteiger partial charge on any atom is 0.326 e. The van der Waals surface area contributed by atoms with Crippen molar-refractivity contribution in [2.45, 2.75) is 89.0 Å². The van der Waals surface area contributed by atoms with Crippen molar-refractivity contribution in [2.75, 3.05) is 5.75 Å². The van der Waals surface area contributed by atoms with Gasteiger partial charge in [0.2, 0.25) is 11.8 Å². The molecule has 0 radical (unpaired) electrons. The first-order valence-electron chi connectivity index (χ1n) is 11.1. The second-order valence-electron chi connectivity index (χ2n) is 7.46. The van der Waals surface area contributed by atoms with Crippen molar-refractivity contribution < 1.29 is 39.3 Å². The molecule has 0 saturated heterocycles. The summed E-state index contributed by atoms with van der Waals surface area (Å²) >= 11 is 8.53. The van der Waals surface area contributed by atoms with E-state index in [-0.39, 0.29) is 24.5 Å². The lowest BCUT2D eigenvalue weighted by molar-refractivity contribution is -0.144. The Morgan fingerprint density at radius 2 is 1.29 bits per heavy atom. The van der Waals surface area contributed by atoms with Crippen molar-refractivity contribution in [1.29, 1.82) is 0 Å². The second kappa shape index (κ2) is 21.3. The zero-order valence-electron chi connectivity index (χ0n) is 19.7. The number of rotatable bonds is 17. The lowest BCUT2D eigenvalue weighted by atomic mass is 10.1. The van der Waals surface area contributed by atoms with Crippen LogP contribution in [0.15, 0.2) is 12.2 Å². The van der Waals surface area contributed by atoms with Crippen LogP contribution < -0.4 is 10.6 Å². The highest BCUT2D eigenvalue weighted by atomic mass is 32.1. The van der Waals surface area contributed by atoms with Gasteiger partial charge in [0.15, 0.2) is 0 Å². The number of carbonyl (C=O) groups excluding carboxylic acids is 2. The fraction of sp³-hybridized carbons (Fsp3) is 0.682. The highest BCUT2D eigenvalue weighted by Gasteiger charge is 2.27. The summed E-state index contributed by atoms with van der Waals surface area (Å²) in [4.78, 5) is 57.2. The van der Waals surface area contributed by atoms with E-state index in [9.17, 15) is 24.0 Å². The van der Waals surface area contributed by atoms with Gasteiger partial charge in [0.1, 0.15) is 12.1 Å². The molecule has 3 unspecified atom stereocenters. The second-order valence-corrected chi connectivity index (χ2v) is 8.64. The predicted octanol–water partition coefficient (Wildman–Crippen LogP) is 2.53. The minimum absolute atomic E-state index is 0.125. The molecule has 2 amide bonds. The van der Waals surface area contributed by atoms with Crippen molar-refractivity contribution in [3.63, 3.8) is 0 Å². The summed E-state index contributed by atoms with van der Waals surface area (Å²) in [5, 5.41) is 31.5. The molecule has 0 aliphatic rings. The smallest absolute Gasteiger partial charge is 0.326 e. The van der Waals surface area contributed by atoms with E-state index in [1.807, 2.05) is 26.0 Å². The molecule has 3 atom stereocenters. The Kier molecular flexibility index (Phi) is 21.3. The summed E-state index contributed by atoms with van der Waals surface area (Å²) in [5.74, 6) is -4.42. The van der Waals surface area contributed by atoms with Crippen LogP contribution in [0.2, 0.25) is 0 Å². The summed E-state index contributed by atoms with van der Waals surface area (Å²) < 4.78 is 0. The molecule has 196 valence electrons. The van der Waals surface area contributed by atoms with E-state index in [0.717, 1.165) is 25.0 Å². The zero-order valence-corrected chi connectivity index (χ0v) is 21.5. The highest BCUT2D eigenvalue weighted by Crippen LogP contribution is 2.13. The first kappa shape index (κ1) is 34.0. The normalized spacial score (nSPS) is 13.2. The fourth-order valence-corrected chi connectivity index (χ4v) is 3.39. The molecular formula is C22H38N2O8S2. The monoisotopic (exact) mass is 522 g/mol. The number of carboxylic acids is 3. The number of aliphatic carboxylic acids is 3. The first-order chi connectivity index (χ1) is 16.0. The van der Waals surface area contributed by atoms with E-state index in [2.05, 4.69) is 35.9 Å². The third-order valence-corrected chi connectivity index (χ3v) is 5.32. The van der Waals surface area contributed by atoms with Crippen LogP contribution in [0, 0.1) is 0 Å². The SMILES string of the molecule is CC=CC.O=C(O)CCC(NC(=O)C(CCC(=O)O)NC(=O)CCCCC(S)CCS)C(=O)O. The van der Waals surface area contributed by atoms with Crippen LogP contribution in [0.5, 0.6) is 0 Å². The van der Waals surface area contributed by atoms with Crippen LogP contribution in [0.4, 0.5) is 0 Å². The van der Waals surface area contributed by atoms with Crippen molar-refractivity contribution in [3.8, 4) is 0 Å². The molecule has 0 aliphatic heterocycles. The minimum atomic E-state index is -1.46. The number of nitrogens with one attached hydrogen (secondary N) is 2. The van der Waals surface area contributed by atoms with E-state index in [1.165, 1.54) is 0 Å². The molecule has 0 bridgehead atoms. The van der Waals surface area contributed by atoms with Crippen molar-refractivity contribution >= 4 is 55.0 Å². The number of allylic oxidation sites excluding steroid dienone is 2. The summed E-state index contributed by atoms with van der Waals surface area (Å²) in [7, 11) is 0. The van der Waals surface area contributed by atoms with Crippen LogP contribution in [0.25, 0.3) is 0 Å². The molecule has 0 heterocycles. The molecular weight excluding hydrogens is 484 g/mol. The van der Waals surface area contributed by atoms with Crippen LogP contribution in [0.3, 0.4) is 0 Å². The van der Waals surface area contributed by atoms with Gasteiger partial charge in [0.05, 0.1) is 0 Å². The average Bonchev–Trinajstić information content (AvgIpc) is 2.76. The highest BCUT2D eigenvalue weighted by molar-refractivity contribution is 7.81. The molecule has 0 aromatic rings. The Morgan fingerprint density at radius 3 is 1.74 bits per heavy atom. The molecule has 0 spiro atoms. The summed E-state index contributed by atoms with van der Waals surface area (Å²) in [5.41, 5.74) is 0. The summed E-state index contributed by atoms with van der Waals surface area (Å²) in [6.45, 7) is 4.00. The predicted molar refractivity (Wildman–Crippen MR) is 135 cm³/mol. The van der Waals surface area contributed by atoms with E-state index in [4.69, 9.17) is 15.3 Å². The van der Waals surface area contributed by atoms with Gasteiger partial charge in [0.25, 0.3) is 0 Å². The van der Waals surface area contributed by atoms with E-state index >= 15 is 0 Å². The Balaban J connectivity index is 0. The summed E-state index contributed by atoms with van der Waals surface area (Å²) in [6, 6.07) is -2.70. The maximum atomic E-state index is 12.4. The van der Waals surface area contributed by atoms with E-state index in [0.29, 0.717) is 6.42 Å². The van der Waals surface area contributed by atoms with E-state index in [1.54, 1.807) is 0 Å². The molecule has 0 aliphatic carbocycles. The van der Waals surface area contributed by atoms with Crippen LogP contribution in [-0.4, -0.2) is 68.1 Å². The van der Waals surface area contributed by atoms with Gasteiger partial charge in [-0.15, -0.1) is 0 Å². The summed E-state index contributed by atoms with van der Waals surface area (Å²) in [6.07, 6.45) is 5.65. The fourth-order valence-electron chi connectivity index (χ4n) is 2.56. The van der Waals surface area contributed by atoms with Gasteiger partial charge in [-0.25, -0.2) is 4.79 Å². The largest absolute Gasteiger partial charge is 0.481 e. The number of amides is 2. The average molecular weight is 523 g/mol. The maximum absolute atomic E-state index is 12.4. The Labute approximate surface area is 211 Å². The van der Waals surface area contributed by atoms with Crippen molar-refractivity contribution in [2.24, 2.45) is 0 Å². The van der Waals surface area contributed by atoms with Gasteiger partial charge in [-0.2, -0.15) is 25.3 Å². The molecule has 0 saturated carbocycles. The van der Waals surface area contributed by atoms with Crippen LogP contribution in [-0.2, 0) is 24.0 Å². The molecule has 0 fully saturated rings. The topological polar surface area (TPSA) is 170 Å². The van der Waals surface area contributed by atoms with Crippen molar-refractivity contribution in [1.82, 2.24) is 10.6 Å². The molecule has 34 heavy (non-hydrogen) atoms. The van der Waals surface area contributed by atoms with Gasteiger partial charge in [-0.1, -0.05) is 18.6 Å². The number of hydrogen-bond acceptors (Lipinski definition) is 7. The Morgan fingerprint density at radius 1 is 0.765 bits per heavy atom. The zero-order chi connectivity index (χ0) is 26.5. The molecule has 0 aromatic heterocycles. The molecule has 10 nitrogen and oxygen atoms in total.